The summed E-state index contributed by atoms with van der Waals surface area (Å²) in [5.41, 5.74) is 2.96. The Morgan fingerprint density at radius 1 is 0.897 bits per heavy atom. The summed E-state index contributed by atoms with van der Waals surface area (Å²) in [6, 6.07) is 14.5. The van der Waals surface area contributed by atoms with Crippen LogP contribution in [0.5, 0.6) is 17.2 Å². The van der Waals surface area contributed by atoms with Crippen molar-refractivity contribution >= 4 is 23.1 Å². The van der Waals surface area contributed by atoms with E-state index < -0.39 is 0 Å². The minimum atomic E-state index is -0.180. The number of anilines is 3. The molecule has 1 heterocycles. The highest BCUT2D eigenvalue weighted by molar-refractivity contribution is 6.04. The molecule has 3 aromatic rings. The molecule has 0 spiro atoms. The monoisotopic (exact) mass is 393 g/mol. The number of benzene rings is 2. The Morgan fingerprint density at radius 3 is 2.17 bits per heavy atom. The topological polar surface area (TPSA) is 81.7 Å². The Balaban J connectivity index is 1.73. The molecule has 29 heavy (non-hydrogen) atoms. The van der Waals surface area contributed by atoms with Crippen LogP contribution in [0.1, 0.15) is 15.9 Å². The van der Waals surface area contributed by atoms with E-state index in [0.717, 1.165) is 11.3 Å². The van der Waals surface area contributed by atoms with E-state index in [1.165, 1.54) is 0 Å². The lowest BCUT2D eigenvalue weighted by Crippen LogP contribution is -2.12. The van der Waals surface area contributed by atoms with Gasteiger partial charge >= 0.3 is 0 Å². The van der Waals surface area contributed by atoms with Crippen LogP contribution in [0.2, 0.25) is 0 Å². The fraction of sp³-hybridized carbons (Fsp3) is 0.182. The zero-order chi connectivity index (χ0) is 20.8. The maximum atomic E-state index is 12.3. The standard InChI is InChI=1S/C22H23N3O4/c1-14-6-5-7-15(10-14)22(26)25-16-8-9-20(23-13-16)24-17-11-18(27-2)21(29-4)19(12-17)28-3/h5-13H,1-4H3,(H,23,24)(H,25,26). The summed E-state index contributed by atoms with van der Waals surface area (Å²) >= 11 is 0. The Labute approximate surface area is 169 Å². The predicted molar refractivity (Wildman–Crippen MR) is 113 cm³/mol. The van der Waals surface area contributed by atoms with Crippen LogP contribution in [-0.4, -0.2) is 32.2 Å². The van der Waals surface area contributed by atoms with Crippen molar-refractivity contribution in [3.63, 3.8) is 0 Å². The SMILES string of the molecule is COc1cc(Nc2ccc(NC(=O)c3cccc(C)c3)cn2)cc(OC)c1OC. The van der Waals surface area contributed by atoms with Crippen LogP contribution in [0.15, 0.2) is 54.7 Å². The van der Waals surface area contributed by atoms with Crippen molar-refractivity contribution in [1.82, 2.24) is 4.98 Å². The molecule has 0 saturated heterocycles. The highest BCUT2D eigenvalue weighted by Crippen LogP contribution is 2.40. The Morgan fingerprint density at radius 2 is 1.62 bits per heavy atom. The Kier molecular flexibility index (Phi) is 6.19. The third-order valence-electron chi connectivity index (χ3n) is 4.24. The van der Waals surface area contributed by atoms with Crippen LogP contribution >= 0.6 is 0 Å². The normalized spacial score (nSPS) is 10.2. The number of hydrogen-bond acceptors (Lipinski definition) is 6. The minimum absolute atomic E-state index is 0.180. The van der Waals surface area contributed by atoms with Gasteiger partial charge in [-0.3, -0.25) is 4.79 Å². The summed E-state index contributed by atoms with van der Waals surface area (Å²) in [5, 5.41) is 6.03. The first-order valence-electron chi connectivity index (χ1n) is 8.95. The van der Waals surface area contributed by atoms with E-state index in [-0.39, 0.29) is 5.91 Å². The molecule has 0 unspecified atom stereocenters. The summed E-state index contributed by atoms with van der Waals surface area (Å²) < 4.78 is 16.0. The smallest absolute Gasteiger partial charge is 0.255 e. The molecule has 0 bridgehead atoms. The van der Waals surface area contributed by atoms with Gasteiger partial charge in [0.05, 0.1) is 33.2 Å². The number of amides is 1. The molecule has 0 aliphatic carbocycles. The van der Waals surface area contributed by atoms with E-state index in [9.17, 15) is 4.79 Å². The maximum absolute atomic E-state index is 12.3. The Hall–Kier alpha value is -3.74. The molecular weight excluding hydrogens is 370 g/mol. The van der Waals surface area contributed by atoms with Crippen molar-refractivity contribution in [3.8, 4) is 17.2 Å². The number of nitrogens with zero attached hydrogens (tertiary/aromatic N) is 1. The van der Waals surface area contributed by atoms with Crippen LogP contribution in [0.3, 0.4) is 0 Å². The van der Waals surface area contributed by atoms with E-state index in [1.54, 1.807) is 57.9 Å². The summed E-state index contributed by atoms with van der Waals surface area (Å²) in [5.74, 6) is 2.02. The average molecular weight is 393 g/mol. The van der Waals surface area contributed by atoms with Gasteiger partial charge in [-0.2, -0.15) is 0 Å². The van der Waals surface area contributed by atoms with Crippen molar-refractivity contribution in [2.75, 3.05) is 32.0 Å². The van der Waals surface area contributed by atoms with E-state index in [1.807, 2.05) is 25.1 Å². The number of carbonyl (C=O) groups excluding carboxylic acids is 1. The number of methoxy groups -OCH3 is 3. The van der Waals surface area contributed by atoms with Crippen molar-refractivity contribution < 1.29 is 19.0 Å². The van der Waals surface area contributed by atoms with Gasteiger partial charge in [0.1, 0.15) is 5.82 Å². The van der Waals surface area contributed by atoms with E-state index >= 15 is 0 Å². The summed E-state index contributed by atoms with van der Waals surface area (Å²) in [6.45, 7) is 1.95. The first-order valence-corrected chi connectivity index (χ1v) is 8.95. The molecule has 3 rings (SSSR count). The zero-order valence-corrected chi connectivity index (χ0v) is 16.8. The number of rotatable bonds is 7. The van der Waals surface area contributed by atoms with Crippen molar-refractivity contribution in [1.29, 1.82) is 0 Å². The van der Waals surface area contributed by atoms with Gasteiger partial charge in [-0.1, -0.05) is 17.7 Å². The van der Waals surface area contributed by atoms with Gasteiger partial charge in [-0.15, -0.1) is 0 Å². The number of aromatic nitrogens is 1. The summed E-state index contributed by atoms with van der Waals surface area (Å²) in [6.07, 6.45) is 1.59. The molecule has 7 heteroatoms. The third-order valence-corrected chi connectivity index (χ3v) is 4.24. The molecule has 2 N–H and O–H groups in total. The first-order chi connectivity index (χ1) is 14.0. The molecule has 0 radical (unpaired) electrons. The average Bonchev–Trinajstić information content (AvgIpc) is 2.74. The van der Waals surface area contributed by atoms with Crippen LogP contribution in [0.25, 0.3) is 0 Å². The fourth-order valence-corrected chi connectivity index (χ4v) is 2.83. The van der Waals surface area contributed by atoms with E-state index in [0.29, 0.717) is 34.3 Å². The lowest BCUT2D eigenvalue weighted by Gasteiger charge is -2.15. The van der Waals surface area contributed by atoms with Gasteiger partial charge in [0.25, 0.3) is 5.91 Å². The van der Waals surface area contributed by atoms with Gasteiger partial charge in [-0.05, 0) is 31.2 Å². The van der Waals surface area contributed by atoms with Gasteiger partial charge in [0, 0.05) is 23.4 Å². The highest BCUT2D eigenvalue weighted by atomic mass is 16.5. The molecule has 1 aromatic heterocycles. The molecule has 2 aromatic carbocycles. The van der Waals surface area contributed by atoms with E-state index in [4.69, 9.17) is 14.2 Å². The quantitative estimate of drug-likeness (QED) is 0.619. The van der Waals surface area contributed by atoms with Crippen molar-refractivity contribution in [2.45, 2.75) is 6.92 Å². The van der Waals surface area contributed by atoms with Crippen molar-refractivity contribution in [2.24, 2.45) is 0 Å². The van der Waals surface area contributed by atoms with E-state index in [2.05, 4.69) is 15.6 Å². The van der Waals surface area contributed by atoms with Gasteiger partial charge < -0.3 is 24.8 Å². The van der Waals surface area contributed by atoms with Crippen LogP contribution in [0, 0.1) is 6.92 Å². The molecule has 150 valence electrons. The first kappa shape index (κ1) is 20.0. The van der Waals surface area contributed by atoms with Gasteiger partial charge in [0.2, 0.25) is 5.75 Å². The van der Waals surface area contributed by atoms with Gasteiger partial charge in [-0.25, -0.2) is 4.98 Å². The lowest BCUT2D eigenvalue weighted by atomic mass is 10.1. The van der Waals surface area contributed by atoms with Crippen LogP contribution < -0.4 is 24.8 Å². The molecule has 7 nitrogen and oxygen atoms in total. The second kappa shape index (κ2) is 8.97. The number of aryl methyl sites for hydroxylation is 1. The minimum Gasteiger partial charge on any atom is -0.493 e. The molecule has 0 fully saturated rings. The summed E-state index contributed by atoms with van der Waals surface area (Å²) in [4.78, 5) is 16.7. The highest BCUT2D eigenvalue weighted by Gasteiger charge is 2.13. The second-order valence-electron chi connectivity index (χ2n) is 6.29. The summed E-state index contributed by atoms with van der Waals surface area (Å²) in [7, 11) is 4.68. The largest absolute Gasteiger partial charge is 0.493 e. The molecular formula is C22H23N3O4. The van der Waals surface area contributed by atoms with Crippen molar-refractivity contribution in [3.05, 3.63) is 65.9 Å². The zero-order valence-electron chi connectivity index (χ0n) is 16.8. The second-order valence-corrected chi connectivity index (χ2v) is 6.29. The third kappa shape index (κ3) is 4.76. The number of hydrogen-bond donors (Lipinski definition) is 2. The molecule has 0 aliphatic rings. The number of ether oxygens (including phenoxy) is 3. The maximum Gasteiger partial charge on any atom is 0.255 e. The lowest BCUT2D eigenvalue weighted by molar-refractivity contribution is 0.102. The predicted octanol–water partition coefficient (Wildman–Crippen LogP) is 4.41. The van der Waals surface area contributed by atoms with Crippen LogP contribution in [-0.2, 0) is 0 Å². The van der Waals surface area contributed by atoms with Crippen LogP contribution in [0.4, 0.5) is 17.2 Å². The fourth-order valence-electron chi connectivity index (χ4n) is 2.83. The Bertz CT molecular complexity index is 978. The van der Waals surface area contributed by atoms with Gasteiger partial charge in [0.15, 0.2) is 11.5 Å². The number of nitrogens with one attached hydrogen (secondary N) is 2. The number of carbonyl (C=O) groups is 1. The number of pyridine rings is 1. The molecule has 0 saturated carbocycles. The molecule has 0 atom stereocenters. The molecule has 0 aliphatic heterocycles. The molecule has 1 amide bonds.